The number of benzene rings is 2. The van der Waals surface area contributed by atoms with E-state index in [1.807, 2.05) is 48.4 Å². The van der Waals surface area contributed by atoms with Crippen LogP contribution in [0.5, 0.6) is 5.75 Å². The second kappa shape index (κ2) is 10.0. The van der Waals surface area contributed by atoms with Crippen molar-refractivity contribution in [3.63, 3.8) is 0 Å². The van der Waals surface area contributed by atoms with Gasteiger partial charge >= 0.3 is 0 Å². The Bertz CT molecular complexity index is 1280. The normalized spacial score (nSPS) is 16.4. The van der Waals surface area contributed by atoms with Gasteiger partial charge in [0, 0.05) is 24.7 Å². The number of hydrogen-bond donors (Lipinski definition) is 0. The summed E-state index contributed by atoms with van der Waals surface area (Å²) >= 11 is 0. The van der Waals surface area contributed by atoms with E-state index in [4.69, 9.17) is 9.37 Å². The molecule has 0 bridgehead atoms. The third-order valence-electron chi connectivity index (χ3n) is 6.61. The van der Waals surface area contributed by atoms with Gasteiger partial charge in [-0.15, -0.1) is 0 Å². The number of fused-ring (bicyclic) bond motifs is 1. The maximum Gasteiger partial charge on any atom is 0.257 e. The Balaban J connectivity index is 1.25. The summed E-state index contributed by atoms with van der Waals surface area (Å²) < 4.78 is 10.7. The number of aromatic nitrogens is 3. The summed E-state index contributed by atoms with van der Waals surface area (Å²) in [5.41, 5.74) is 4.27. The molecule has 7 heteroatoms. The van der Waals surface area contributed by atoms with E-state index in [9.17, 15) is 4.79 Å². The molecule has 1 aliphatic heterocycles. The summed E-state index contributed by atoms with van der Waals surface area (Å²) in [5, 5.41) is 8.87. The van der Waals surface area contributed by atoms with Crippen LogP contribution >= 0.6 is 0 Å². The van der Waals surface area contributed by atoms with Crippen LogP contribution in [0, 0.1) is 12.8 Å². The highest BCUT2D eigenvalue weighted by atomic mass is 16.6. The first kappa shape index (κ1) is 22.1. The van der Waals surface area contributed by atoms with E-state index in [0.717, 1.165) is 44.3 Å². The average molecular weight is 457 g/mol. The second-order valence-corrected chi connectivity index (χ2v) is 8.86. The molecule has 1 fully saturated rings. The first-order valence-electron chi connectivity index (χ1n) is 11.8. The number of carbonyl (C=O) groups is 1. The van der Waals surface area contributed by atoms with Crippen molar-refractivity contribution in [3.8, 4) is 5.75 Å². The summed E-state index contributed by atoms with van der Waals surface area (Å²) in [7, 11) is 0. The lowest BCUT2D eigenvalue weighted by atomic mass is 9.91. The Kier molecular flexibility index (Phi) is 6.51. The molecule has 0 saturated carbocycles. The fourth-order valence-corrected chi connectivity index (χ4v) is 4.69. The summed E-state index contributed by atoms with van der Waals surface area (Å²) in [6.07, 6.45) is 5.93. The second-order valence-electron chi connectivity index (χ2n) is 8.86. The third-order valence-corrected chi connectivity index (χ3v) is 6.61. The summed E-state index contributed by atoms with van der Waals surface area (Å²) in [6, 6.07) is 17.9. The molecule has 0 unspecified atom stereocenters. The number of pyridine rings is 1. The van der Waals surface area contributed by atoms with Crippen LogP contribution in [0.15, 0.2) is 65.4 Å². The quantitative estimate of drug-likeness (QED) is 0.407. The molecule has 0 spiro atoms. The molecule has 0 aliphatic carbocycles. The van der Waals surface area contributed by atoms with Gasteiger partial charge in [0.15, 0.2) is 0 Å². The van der Waals surface area contributed by atoms with Gasteiger partial charge in [-0.2, -0.15) is 0 Å². The maximum atomic E-state index is 13.4. The fourth-order valence-electron chi connectivity index (χ4n) is 4.69. The number of rotatable bonds is 6. The van der Waals surface area contributed by atoms with Gasteiger partial charge in [0.25, 0.3) is 5.91 Å². The van der Waals surface area contributed by atoms with Crippen LogP contribution in [-0.2, 0) is 13.0 Å². The lowest BCUT2D eigenvalue weighted by Gasteiger charge is -2.22. The van der Waals surface area contributed by atoms with Crippen LogP contribution in [0.3, 0.4) is 0 Å². The smallest absolute Gasteiger partial charge is 0.257 e. The third kappa shape index (κ3) is 4.78. The van der Waals surface area contributed by atoms with Gasteiger partial charge in [0.1, 0.15) is 23.7 Å². The Morgan fingerprint density at radius 2 is 1.97 bits per heavy atom. The molecule has 1 aliphatic rings. The molecule has 0 N–H and O–H groups in total. The lowest BCUT2D eigenvalue weighted by molar-refractivity contribution is 0.0755. The van der Waals surface area contributed by atoms with E-state index in [1.165, 1.54) is 10.9 Å². The van der Waals surface area contributed by atoms with Crippen molar-refractivity contribution < 1.29 is 14.2 Å². The van der Waals surface area contributed by atoms with Crippen LogP contribution in [0.4, 0.5) is 0 Å². The number of amides is 1. The predicted octanol–water partition coefficient (Wildman–Crippen LogP) is 4.99. The Morgan fingerprint density at radius 3 is 2.85 bits per heavy atom. The molecule has 34 heavy (non-hydrogen) atoms. The molecular weight excluding hydrogens is 428 g/mol. The summed E-state index contributed by atoms with van der Waals surface area (Å²) in [6.45, 7) is 3.52. The Morgan fingerprint density at radius 1 is 1.06 bits per heavy atom. The van der Waals surface area contributed by atoms with E-state index >= 15 is 0 Å². The zero-order valence-electron chi connectivity index (χ0n) is 19.3. The van der Waals surface area contributed by atoms with Crippen LogP contribution in [0.1, 0.15) is 46.6 Å². The molecule has 1 saturated heterocycles. The van der Waals surface area contributed by atoms with Crippen molar-refractivity contribution in [2.24, 2.45) is 5.92 Å². The largest absolute Gasteiger partial charge is 0.486 e. The van der Waals surface area contributed by atoms with Gasteiger partial charge in [-0.25, -0.2) is 4.63 Å². The monoisotopic (exact) mass is 456 g/mol. The Labute approximate surface area is 198 Å². The molecule has 7 nitrogen and oxygen atoms in total. The number of nitrogens with zero attached hydrogens (tertiary/aromatic N) is 4. The predicted molar refractivity (Wildman–Crippen MR) is 129 cm³/mol. The van der Waals surface area contributed by atoms with Crippen molar-refractivity contribution in [2.75, 3.05) is 13.1 Å². The highest BCUT2D eigenvalue weighted by Crippen LogP contribution is 2.28. The molecule has 4 aromatic rings. The van der Waals surface area contributed by atoms with Crippen molar-refractivity contribution in [3.05, 3.63) is 83.3 Å². The van der Waals surface area contributed by atoms with E-state index in [-0.39, 0.29) is 12.5 Å². The minimum absolute atomic E-state index is 0.0145. The van der Waals surface area contributed by atoms with Gasteiger partial charge in [0.2, 0.25) is 0 Å². The molecule has 1 atom stereocenters. The van der Waals surface area contributed by atoms with E-state index < -0.39 is 0 Å². The van der Waals surface area contributed by atoms with Gasteiger partial charge in [-0.05, 0) is 68.4 Å². The number of aryl methyl sites for hydroxylation is 1. The number of likely N-dealkylation sites (tertiary alicyclic amines) is 1. The number of carbonyl (C=O) groups excluding carboxylic acids is 1. The molecule has 3 heterocycles. The SMILES string of the molecule is Cc1nonc1COc1ccccc1C(=O)N1CCC[C@@H](Cc2cccc3ncccc23)CC1. The first-order chi connectivity index (χ1) is 16.7. The van der Waals surface area contributed by atoms with Crippen molar-refractivity contribution in [1.82, 2.24) is 20.2 Å². The van der Waals surface area contributed by atoms with Crippen LogP contribution in [0.2, 0.25) is 0 Å². The van der Waals surface area contributed by atoms with E-state index in [0.29, 0.717) is 28.6 Å². The average Bonchev–Trinajstić information content (AvgIpc) is 3.14. The maximum absolute atomic E-state index is 13.4. The van der Waals surface area contributed by atoms with Crippen molar-refractivity contribution in [1.29, 1.82) is 0 Å². The molecular formula is C27H28N4O3. The number of ether oxygens (including phenoxy) is 1. The summed E-state index contributed by atoms with van der Waals surface area (Å²) in [4.78, 5) is 19.9. The zero-order valence-corrected chi connectivity index (χ0v) is 19.3. The molecule has 5 rings (SSSR count). The van der Waals surface area contributed by atoms with Crippen molar-refractivity contribution in [2.45, 2.75) is 39.2 Å². The molecule has 2 aromatic heterocycles. The van der Waals surface area contributed by atoms with Crippen LogP contribution < -0.4 is 4.74 Å². The standard InChI is InChI=1S/C27H28N4O3/c1-19-25(30-34-29-19)18-33-26-12-3-2-9-23(26)27(32)31-15-6-7-20(13-16-31)17-21-8-4-11-24-22(21)10-5-14-28-24/h2-5,8-12,14,20H,6-7,13,15-18H2,1H3/t20-/m1/s1. The number of para-hydroxylation sites is 1. The first-order valence-corrected chi connectivity index (χ1v) is 11.8. The number of hydrogen-bond acceptors (Lipinski definition) is 6. The minimum Gasteiger partial charge on any atom is -0.486 e. The van der Waals surface area contributed by atoms with Crippen LogP contribution in [0.25, 0.3) is 10.9 Å². The van der Waals surface area contributed by atoms with Gasteiger partial charge in [-0.3, -0.25) is 9.78 Å². The lowest BCUT2D eigenvalue weighted by Crippen LogP contribution is -2.32. The summed E-state index contributed by atoms with van der Waals surface area (Å²) in [5.74, 6) is 1.11. The molecule has 2 aromatic carbocycles. The minimum atomic E-state index is 0.0145. The van der Waals surface area contributed by atoms with Gasteiger partial charge in [-0.1, -0.05) is 40.6 Å². The van der Waals surface area contributed by atoms with Crippen molar-refractivity contribution >= 4 is 16.8 Å². The van der Waals surface area contributed by atoms with Gasteiger partial charge in [0.05, 0.1) is 11.1 Å². The van der Waals surface area contributed by atoms with Crippen LogP contribution in [-0.4, -0.2) is 39.2 Å². The fraction of sp³-hybridized carbons (Fsp3) is 0.333. The molecule has 174 valence electrons. The Hall–Kier alpha value is -3.74. The van der Waals surface area contributed by atoms with Gasteiger partial charge < -0.3 is 9.64 Å². The zero-order chi connectivity index (χ0) is 23.3. The van der Waals surface area contributed by atoms with E-state index in [2.05, 4.69) is 39.6 Å². The topological polar surface area (TPSA) is 81.3 Å². The highest BCUT2D eigenvalue weighted by molar-refractivity contribution is 5.97. The molecule has 0 radical (unpaired) electrons. The highest BCUT2D eigenvalue weighted by Gasteiger charge is 2.24. The molecule has 1 amide bonds. The van der Waals surface area contributed by atoms with E-state index in [1.54, 1.807) is 0 Å².